The van der Waals surface area contributed by atoms with Gasteiger partial charge in [0.05, 0.1) is 17.2 Å². The molecule has 3 aromatic rings. The van der Waals surface area contributed by atoms with E-state index in [9.17, 15) is 14.0 Å². The Hall–Kier alpha value is -3.02. The number of amides is 1. The Morgan fingerprint density at radius 1 is 1.25 bits per heavy atom. The molecule has 1 fully saturated rings. The third-order valence-corrected chi connectivity index (χ3v) is 5.40. The van der Waals surface area contributed by atoms with Crippen LogP contribution in [0.1, 0.15) is 25.3 Å². The van der Waals surface area contributed by atoms with E-state index in [1.54, 1.807) is 0 Å². The Balaban J connectivity index is 1.60. The third kappa shape index (κ3) is 3.81. The Bertz CT molecular complexity index is 1060. The first-order valence-electron chi connectivity index (χ1n) is 9.51. The summed E-state index contributed by atoms with van der Waals surface area (Å²) in [6, 6.07) is 13.8. The number of hydrogen-bond donors (Lipinski definition) is 0. The molecule has 1 heterocycles. The highest BCUT2D eigenvalue weighted by molar-refractivity contribution is 5.79. The van der Waals surface area contributed by atoms with E-state index in [1.165, 1.54) is 29.1 Å². The average Bonchev–Trinajstić information content (AvgIpc) is 3.54. The first kappa shape index (κ1) is 18.3. The second-order valence-corrected chi connectivity index (χ2v) is 7.42. The Labute approximate surface area is 162 Å². The van der Waals surface area contributed by atoms with Gasteiger partial charge in [-0.05, 0) is 43.4 Å². The van der Waals surface area contributed by atoms with Crippen molar-refractivity contribution in [3.8, 4) is 0 Å². The van der Waals surface area contributed by atoms with Gasteiger partial charge in [-0.2, -0.15) is 0 Å². The topological polar surface area (TPSA) is 55.2 Å². The molecule has 0 spiro atoms. The van der Waals surface area contributed by atoms with E-state index in [4.69, 9.17) is 0 Å². The monoisotopic (exact) mass is 379 g/mol. The van der Waals surface area contributed by atoms with Crippen molar-refractivity contribution in [2.45, 2.75) is 38.9 Å². The van der Waals surface area contributed by atoms with Gasteiger partial charge in [0.2, 0.25) is 5.91 Å². The lowest BCUT2D eigenvalue weighted by molar-refractivity contribution is -0.135. The molecule has 1 aliphatic rings. The lowest BCUT2D eigenvalue weighted by Crippen LogP contribution is -2.42. The van der Waals surface area contributed by atoms with Crippen molar-refractivity contribution in [2.24, 2.45) is 5.92 Å². The molecule has 1 atom stereocenters. The summed E-state index contributed by atoms with van der Waals surface area (Å²) in [5.74, 6) is -0.0452. The number of halogens is 1. The molecule has 144 valence electrons. The number of nitrogens with zero attached hydrogens (tertiary/aromatic N) is 3. The van der Waals surface area contributed by atoms with Crippen LogP contribution < -0.4 is 5.56 Å². The van der Waals surface area contributed by atoms with Gasteiger partial charge in [-0.15, -0.1) is 0 Å². The maximum absolute atomic E-state index is 13.4. The Kier molecular flexibility index (Phi) is 4.94. The maximum Gasteiger partial charge on any atom is 0.261 e. The van der Waals surface area contributed by atoms with E-state index in [1.807, 2.05) is 35.2 Å². The summed E-state index contributed by atoms with van der Waals surface area (Å²) in [6.07, 6.45) is 3.58. The van der Waals surface area contributed by atoms with E-state index >= 15 is 0 Å². The standard InChI is InChI=1S/C22H22FN3O2/c1-15(17-7-8-17)26(12-16-5-3-2-4-6-16)21(27)13-25-14-24-20-11-18(23)9-10-19(20)22(25)28/h2-6,9-11,14-15,17H,7-8,12-13H2,1H3. The van der Waals surface area contributed by atoms with Gasteiger partial charge in [0.1, 0.15) is 12.4 Å². The van der Waals surface area contributed by atoms with Crippen molar-refractivity contribution >= 4 is 16.8 Å². The van der Waals surface area contributed by atoms with Crippen LogP contribution in [0, 0.1) is 11.7 Å². The van der Waals surface area contributed by atoms with Crippen LogP contribution >= 0.6 is 0 Å². The number of hydrogen-bond acceptors (Lipinski definition) is 3. The van der Waals surface area contributed by atoms with Gasteiger partial charge in [-0.1, -0.05) is 30.3 Å². The van der Waals surface area contributed by atoms with E-state index in [0.29, 0.717) is 23.4 Å². The van der Waals surface area contributed by atoms with Gasteiger partial charge in [-0.25, -0.2) is 9.37 Å². The number of aromatic nitrogens is 2. The SMILES string of the molecule is CC(C1CC1)N(Cc1ccccc1)C(=O)Cn1cnc2cc(F)ccc2c1=O. The van der Waals surface area contributed by atoms with Crippen molar-refractivity contribution in [1.82, 2.24) is 14.5 Å². The van der Waals surface area contributed by atoms with Gasteiger partial charge < -0.3 is 4.90 Å². The molecule has 6 heteroatoms. The lowest BCUT2D eigenvalue weighted by atomic mass is 10.1. The fourth-order valence-corrected chi connectivity index (χ4v) is 3.55. The Morgan fingerprint density at radius 2 is 2.00 bits per heavy atom. The Morgan fingerprint density at radius 3 is 2.71 bits per heavy atom. The largest absolute Gasteiger partial charge is 0.334 e. The lowest BCUT2D eigenvalue weighted by Gasteiger charge is -2.30. The highest BCUT2D eigenvalue weighted by atomic mass is 19.1. The van der Waals surface area contributed by atoms with Crippen LogP contribution in [0.15, 0.2) is 59.7 Å². The second kappa shape index (κ2) is 7.54. The smallest absolute Gasteiger partial charge is 0.261 e. The molecule has 0 bridgehead atoms. The van der Waals surface area contributed by atoms with Crippen LogP contribution in [-0.4, -0.2) is 26.4 Å². The zero-order chi connectivity index (χ0) is 19.7. The number of fused-ring (bicyclic) bond motifs is 1. The fourth-order valence-electron chi connectivity index (χ4n) is 3.55. The molecule has 1 aliphatic carbocycles. The minimum absolute atomic E-state index is 0.0803. The molecule has 1 unspecified atom stereocenters. The van der Waals surface area contributed by atoms with E-state index in [-0.39, 0.29) is 24.1 Å². The van der Waals surface area contributed by atoms with Gasteiger partial charge in [0.15, 0.2) is 0 Å². The van der Waals surface area contributed by atoms with E-state index in [0.717, 1.165) is 18.4 Å². The summed E-state index contributed by atoms with van der Waals surface area (Å²) in [7, 11) is 0. The molecule has 0 radical (unpaired) electrons. The molecule has 1 aromatic heterocycles. The highest BCUT2D eigenvalue weighted by Gasteiger charge is 2.34. The van der Waals surface area contributed by atoms with Gasteiger partial charge in [0.25, 0.3) is 5.56 Å². The first-order chi connectivity index (χ1) is 13.5. The molecule has 5 nitrogen and oxygen atoms in total. The first-order valence-corrected chi connectivity index (χ1v) is 9.51. The number of benzene rings is 2. The molecular weight excluding hydrogens is 357 g/mol. The zero-order valence-corrected chi connectivity index (χ0v) is 15.7. The van der Waals surface area contributed by atoms with E-state index in [2.05, 4.69) is 11.9 Å². The molecule has 4 rings (SSSR count). The molecule has 0 saturated heterocycles. The summed E-state index contributed by atoms with van der Waals surface area (Å²) < 4.78 is 14.7. The number of carbonyl (C=O) groups is 1. The van der Waals surface area contributed by atoms with E-state index < -0.39 is 5.82 Å². The molecule has 1 amide bonds. The number of carbonyl (C=O) groups excluding carboxylic acids is 1. The van der Waals surface area contributed by atoms with Crippen LogP contribution in [0.3, 0.4) is 0 Å². The number of rotatable bonds is 6. The van der Waals surface area contributed by atoms with Crippen molar-refractivity contribution in [3.63, 3.8) is 0 Å². The van der Waals surface area contributed by atoms with Crippen molar-refractivity contribution < 1.29 is 9.18 Å². The predicted molar refractivity (Wildman–Crippen MR) is 105 cm³/mol. The summed E-state index contributed by atoms with van der Waals surface area (Å²) in [5, 5.41) is 0.307. The molecule has 28 heavy (non-hydrogen) atoms. The van der Waals surface area contributed by atoms with Crippen LogP contribution in [0.25, 0.3) is 10.9 Å². The summed E-state index contributed by atoms with van der Waals surface area (Å²) in [5.41, 5.74) is 1.01. The minimum Gasteiger partial charge on any atom is -0.334 e. The third-order valence-electron chi connectivity index (χ3n) is 5.40. The van der Waals surface area contributed by atoms with Crippen molar-refractivity contribution in [2.75, 3.05) is 0 Å². The van der Waals surface area contributed by atoms with Crippen LogP contribution in [-0.2, 0) is 17.9 Å². The van der Waals surface area contributed by atoms with Crippen LogP contribution in [0.2, 0.25) is 0 Å². The van der Waals surface area contributed by atoms with Crippen LogP contribution in [0.4, 0.5) is 4.39 Å². The fraction of sp³-hybridized carbons (Fsp3) is 0.318. The molecular formula is C22H22FN3O2. The van der Waals surface area contributed by atoms with Crippen molar-refractivity contribution in [3.05, 3.63) is 76.6 Å². The zero-order valence-electron chi connectivity index (χ0n) is 15.7. The summed E-state index contributed by atoms with van der Waals surface area (Å²) in [4.78, 5) is 31.8. The summed E-state index contributed by atoms with van der Waals surface area (Å²) in [6.45, 7) is 2.50. The quantitative estimate of drug-likeness (QED) is 0.660. The predicted octanol–water partition coefficient (Wildman–Crippen LogP) is 3.36. The molecule has 1 saturated carbocycles. The normalized spacial score (nSPS) is 14.8. The van der Waals surface area contributed by atoms with Gasteiger partial charge in [-0.3, -0.25) is 14.2 Å². The molecule has 0 aliphatic heterocycles. The summed E-state index contributed by atoms with van der Waals surface area (Å²) >= 11 is 0. The van der Waals surface area contributed by atoms with Crippen molar-refractivity contribution in [1.29, 1.82) is 0 Å². The van der Waals surface area contributed by atoms with Crippen LogP contribution in [0.5, 0.6) is 0 Å². The second-order valence-electron chi connectivity index (χ2n) is 7.42. The molecule has 2 aromatic carbocycles. The highest BCUT2D eigenvalue weighted by Crippen LogP contribution is 2.35. The molecule has 0 N–H and O–H groups in total. The maximum atomic E-state index is 13.4. The van der Waals surface area contributed by atoms with Gasteiger partial charge >= 0.3 is 0 Å². The average molecular weight is 379 g/mol. The van der Waals surface area contributed by atoms with Gasteiger partial charge in [0, 0.05) is 18.7 Å². The minimum atomic E-state index is -0.444.